The first kappa shape index (κ1) is 14.3. The number of carbonyl (C=O) groups excluding carboxylic acids is 2. The Morgan fingerprint density at radius 2 is 2.00 bits per heavy atom. The van der Waals surface area contributed by atoms with Gasteiger partial charge in [0.2, 0.25) is 0 Å². The highest BCUT2D eigenvalue weighted by Gasteiger charge is 2.23. The summed E-state index contributed by atoms with van der Waals surface area (Å²) in [5.74, 6) is -0.416. The zero-order chi connectivity index (χ0) is 13.5. The van der Waals surface area contributed by atoms with E-state index in [9.17, 15) is 9.59 Å². The second-order valence-corrected chi connectivity index (χ2v) is 5.16. The summed E-state index contributed by atoms with van der Waals surface area (Å²) >= 11 is 0. The molecule has 0 bridgehead atoms. The van der Waals surface area contributed by atoms with Gasteiger partial charge in [0.1, 0.15) is 0 Å². The molecule has 2 aliphatic heterocycles. The maximum atomic E-state index is 12.0. The van der Waals surface area contributed by atoms with E-state index in [2.05, 4.69) is 10.6 Å². The van der Waals surface area contributed by atoms with Crippen molar-refractivity contribution in [1.82, 2.24) is 15.5 Å². The van der Waals surface area contributed by atoms with E-state index in [0.717, 1.165) is 45.6 Å². The van der Waals surface area contributed by atoms with Crippen molar-refractivity contribution < 1.29 is 14.3 Å². The predicted molar refractivity (Wildman–Crippen MR) is 70.6 cm³/mol. The summed E-state index contributed by atoms with van der Waals surface area (Å²) in [6, 6.07) is 0. The quantitative estimate of drug-likeness (QED) is 0.654. The van der Waals surface area contributed by atoms with Crippen LogP contribution in [0.3, 0.4) is 0 Å². The molecule has 0 aliphatic carbocycles. The van der Waals surface area contributed by atoms with Crippen LogP contribution in [0.1, 0.15) is 19.3 Å². The Morgan fingerprint density at radius 1 is 1.21 bits per heavy atom. The minimum atomic E-state index is -0.464. The van der Waals surface area contributed by atoms with Gasteiger partial charge in [-0.3, -0.25) is 9.59 Å². The third-order valence-corrected chi connectivity index (χ3v) is 3.71. The molecule has 0 saturated carbocycles. The van der Waals surface area contributed by atoms with Gasteiger partial charge in [-0.1, -0.05) is 0 Å². The van der Waals surface area contributed by atoms with Crippen molar-refractivity contribution >= 4 is 11.8 Å². The summed E-state index contributed by atoms with van der Waals surface area (Å²) in [4.78, 5) is 25.5. The number of hydrogen-bond acceptors (Lipinski definition) is 4. The van der Waals surface area contributed by atoms with Crippen molar-refractivity contribution in [3.63, 3.8) is 0 Å². The summed E-state index contributed by atoms with van der Waals surface area (Å²) in [6.45, 7) is 5.05. The molecular formula is C13H23N3O3. The SMILES string of the molecule is O=C(NCC1CCOCC1)C(=O)N1CCCNCC1. The molecule has 2 amide bonds. The number of rotatable bonds is 2. The Morgan fingerprint density at radius 3 is 2.79 bits per heavy atom. The van der Waals surface area contributed by atoms with Crippen LogP contribution in [-0.4, -0.2) is 62.7 Å². The molecule has 2 saturated heterocycles. The van der Waals surface area contributed by atoms with Crippen LogP contribution in [0.5, 0.6) is 0 Å². The van der Waals surface area contributed by atoms with E-state index in [1.54, 1.807) is 4.90 Å². The van der Waals surface area contributed by atoms with Crippen LogP contribution < -0.4 is 10.6 Å². The van der Waals surface area contributed by atoms with Gasteiger partial charge in [-0.2, -0.15) is 0 Å². The van der Waals surface area contributed by atoms with E-state index in [-0.39, 0.29) is 0 Å². The fraction of sp³-hybridized carbons (Fsp3) is 0.846. The normalized spacial score (nSPS) is 21.8. The number of amides is 2. The Bertz CT molecular complexity index is 308. The molecule has 0 aromatic rings. The number of ether oxygens (including phenoxy) is 1. The summed E-state index contributed by atoms with van der Waals surface area (Å²) in [5.41, 5.74) is 0. The molecule has 0 unspecified atom stereocenters. The van der Waals surface area contributed by atoms with E-state index >= 15 is 0 Å². The average molecular weight is 269 g/mol. The summed E-state index contributed by atoms with van der Waals surface area (Å²) in [7, 11) is 0. The Hall–Kier alpha value is -1.14. The molecule has 2 N–H and O–H groups in total. The van der Waals surface area contributed by atoms with Crippen LogP contribution in [0.25, 0.3) is 0 Å². The smallest absolute Gasteiger partial charge is 0.311 e. The first-order chi connectivity index (χ1) is 9.27. The number of hydrogen-bond donors (Lipinski definition) is 2. The lowest BCUT2D eigenvalue weighted by atomic mass is 10.0. The molecular weight excluding hydrogens is 246 g/mol. The molecule has 0 aromatic carbocycles. The zero-order valence-corrected chi connectivity index (χ0v) is 11.3. The van der Waals surface area contributed by atoms with Crippen molar-refractivity contribution in [3.8, 4) is 0 Å². The first-order valence-electron chi connectivity index (χ1n) is 7.13. The Balaban J connectivity index is 1.73. The molecule has 6 heteroatoms. The van der Waals surface area contributed by atoms with Gasteiger partial charge in [0.25, 0.3) is 0 Å². The molecule has 2 rings (SSSR count). The fourth-order valence-electron chi connectivity index (χ4n) is 2.46. The molecule has 0 atom stereocenters. The van der Waals surface area contributed by atoms with E-state index in [4.69, 9.17) is 4.74 Å². The van der Waals surface area contributed by atoms with Crippen molar-refractivity contribution in [2.24, 2.45) is 5.92 Å². The highest BCUT2D eigenvalue weighted by Crippen LogP contribution is 2.13. The van der Waals surface area contributed by atoms with Crippen molar-refractivity contribution in [2.45, 2.75) is 19.3 Å². The average Bonchev–Trinajstić information content (AvgIpc) is 2.74. The van der Waals surface area contributed by atoms with Crippen molar-refractivity contribution in [1.29, 1.82) is 0 Å². The van der Waals surface area contributed by atoms with Crippen LogP contribution >= 0.6 is 0 Å². The van der Waals surface area contributed by atoms with Crippen molar-refractivity contribution in [2.75, 3.05) is 45.9 Å². The van der Waals surface area contributed by atoms with E-state index < -0.39 is 11.8 Å². The van der Waals surface area contributed by atoms with Crippen molar-refractivity contribution in [3.05, 3.63) is 0 Å². The Labute approximate surface area is 113 Å². The lowest BCUT2D eigenvalue weighted by Crippen LogP contribution is -2.45. The summed E-state index contributed by atoms with van der Waals surface area (Å²) < 4.78 is 5.27. The van der Waals surface area contributed by atoms with Crippen LogP contribution in [0.15, 0.2) is 0 Å². The molecule has 6 nitrogen and oxygen atoms in total. The molecule has 19 heavy (non-hydrogen) atoms. The number of carbonyl (C=O) groups is 2. The highest BCUT2D eigenvalue weighted by molar-refractivity contribution is 6.35. The zero-order valence-electron chi connectivity index (χ0n) is 11.3. The maximum absolute atomic E-state index is 12.0. The van der Waals surface area contributed by atoms with Crippen LogP contribution in [0.2, 0.25) is 0 Å². The number of nitrogens with one attached hydrogen (secondary N) is 2. The molecule has 0 spiro atoms. The minimum Gasteiger partial charge on any atom is -0.381 e. The summed E-state index contributed by atoms with van der Waals surface area (Å²) in [5, 5.41) is 5.98. The van der Waals surface area contributed by atoms with E-state index in [1.165, 1.54) is 0 Å². The third kappa shape index (κ3) is 4.47. The highest BCUT2D eigenvalue weighted by atomic mass is 16.5. The van der Waals surface area contributed by atoms with Gasteiger partial charge in [0, 0.05) is 39.4 Å². The molecule has 0 aromatic heterocycles. The van der Waals surface area contributed by atoms with Gasteiger partial charge < -0.3 is 20.3 Å². The molecule has 2 fully saturated rings. The van der Waals surface area contributed by atoms with Gasteiger partial charge in [-0.15, -0.1) is 0 Å². The van der Waals surface area contributed by atoms with Gasteiger partial charge in [0.15, 0.2) is 0 Å². The largest absolute Gasteiger partial charge is 0.381 e. The topological polar surface area (TPSA) is 70.7 Å². The first-order valence-corrected chi connectivity index (χ1v) is 7.13. The van der Waals surface area contributed by atoms with Crippen LogP contribution in [0.4, 0.5) is 0 Å². The third-order valence-electron chi connectivity index (χ3n) is 3.71. The van der Waals surface area contributed by atoms with E-state index in [0.29, 0.717) is 25.6 Å². The standard InChI is InChI=1S/C13H23N3O3/c17-12(15-10-11-2-8-19-9-3-11)13(18)16-6-1-4-14-5-7-16/h11,14H,1-10H2,(H,15,17). The molecule has 2 heterocycles. The lowest BCUT2D eigenvalue weighted by Gasteiger charge is -2.23. The molecule has 108 valence electrons. The molecule has 0 radical (unpaired) electrons. The van der Waals surface area contributed by atoms with Gasteiger partial charge in [0.05, 0.1) is 0 Å². The second kappa shape index (κ2) is 7.45. The van der Waals surface area contributed by atoms with Gasteiger partial charge >= 0.3 is 11.8 Å². The molecule has 2 aliphatic rings. The van der Waals surface area contributed by atoms with Crippen LogP contribution in [0, 0.1) is 5.92 Å². The van der Waals surface area contributed by atoms with Gasteiger partial charge in [-0.05, 0) is 31.7 Å². The minimum absolute atomic E-state index is 0.393. The second-order valence-electron chi connectivity index (χ2n) is 5.16. The van der Waals surface area contributed by atoms with E-state index in [1.807, 2.05) is 0 Å². The monoisotopic (exact) mass is 269 g/mol. The predicted octanol–water partition coefficient (Wildman–Crippen LogP) is -0.649. The van der Waals surface area contributed by atoms with Crippen LogP contribution in [-0.2, 0) is 14.3 Å². The summed E-state index contributed by atoms with van der Waals surface area (Å²) in [6.07, 6.45) is 2.82. The maximum Gasteiger partial charge on any atom is 0.311 e. The number of nitrogens with zero attached hydrogens (tertiary/aromatic N) is 1. The Kier molecular flexibility index (Phi) is 5.60. The lowest BCUT2D eigenvalue weighted by molar-refractivity contribution is -0.145. The van der Waals surface area contributed by atoms with Gasteiger partial charge in [-0.25, -0.2) is 0 Å². The fourth-order valence-corrected chi connectivity index (χ4v) is 2.46.